The van der Waals surface area contributed by atoms with E-state index in [-0.39, 0.29) is 12.0 Å². The van der Waals surface area contributed by atoms with Gasteiger partial charge in [0.25, 0.3) is 5.91 Å². The molecule has 0 bridgehead atoms. The molecule has 3 aromatic carbocycles. The topological polar surface area (TPSA) is 88.1 Å². The molecule has 1 amide bonds. The number of nitrogens with zero attached hydrogens (tertiary/aromatic N) is 1. The molecule has 37 heavy (non-hydrogen) atoms. The summed E-state index contributed by atoms with van der Waals surface area (Å²) in [4.78, 5) is 27.0. The minimum Gasteiger partial charge on any atom is -0.489 e. The summed E-state index contributed by atoms with van der Waals surface area (Å²) in [7, 11) is 2.03. The monoisotopic (exact) mass is 522 g/mol. The maximum absolute atomic E-state index is 13.1. The SMILES string of the molecule is Cc1cc(C(=O)Nc2cc(Cl)cc(C(C)(C)C(=O)O)c2)c(C)cc1OC[C@@H]1CN(C)c2ccccc2O1. The number of carbonyl (C=O) groups is 2. The van der Waals surface area contributed by atoms with Crippen molar-refractivity contribution in [2.75, 3.05) is 30.4 Å². The first-order valence-corrected chi connectivity index (χ1v) is 12.4. The van der Waals surface area contributed by atoms with Gasteiger partial charge in [-0.25, -0.2) is 0 Å². The van der Waals surface area contributed by atoms with E-state index < -0.39 is 11.4 Å². The van der Waals surface area contributed by atoms with Crippen molar-refractivity contribution in [3.8, 4) is 11.5 Å². The average Bonchev–Trinajstić information content (AvgIpc) is 2.83. The van der Waals surface area contributed by atoms with Crippen molar-refractivity contribution in [2.24, 2.45) is 0 Å². The lowest BCUT2D eigenvalue weighted by molar-refractivity contribution is -0.142. The fourth-order valence-corrected chi connectivity index (χ4v) is 4.53. The smallest absolute Gasteiger partial charge is 0.313 e. The Hall–Kier alpha value is -3.71. The van der Waals surface area contributed by atoms with E-state index in [1.807, 2.05) is 51.2 Å². The molecule has 8 heteroatoms. The van der Waals surface area contributed by atoms with Gasteiger partial charge in [0.05, 0.1) is 17.6 Å². The molecule has 0 unspecified atom stereocenters. The van der Waals surface area contributed by atoms with Gasteiger partial charge in [-0.15, -0.1) is 0 Å². The number of carboxylic acids is 1. The van der Waals surface area contributed by atoms with Crippen LogP contribution in [0.15, 0.2) is 54.6 Å². The van der Waals surface area contributed by atoms with Gasteiger partial charge in [-0.05, 0) is 86.8 Å². The molecule has 0 aliphatic carbocycles. The van der Waals surface area contributed by atoms with Gasteiger partial charge in [0.1, 0.15) is 24.2 Å². The van der Waals surface area contributed by atoms with Gasteiger partial charge in [0, 0.05) is 23.3 Å². The number of hydrogen-bond donors (Lipinski definition) is 2. The number of para-hydroxylation sites is 2. The molecule has 4 rings (SSSR count). The van der Waals surface area contributed by atoms with Crippen LogP contribution in [0, 0.1) is 13.8 Å². The van der Waals surface area contributed by atoms with E-state index in [4.69, 9.17) is 21.1 Å². The maximum Gasteiger partial charge on any atom is 0.313 e. The van der Waals surface area contributed by atoms with Crippen molar-refractivity contribution in [3.63, 3.8) is 0 Å². The number of likely N-dealkylation sites (N-methyl/N-ethyl adjacent to an activating group) is 1. The highest BCUT2D eigenvalue weighted by molar-refractivity contribution is 6.31. The molecular weight excluding hydrogens is 492 g/mol. The Kier molecular flexibility index (Phi) is 7.37. The predicted molar refractivity (Wildman–Crippen MR) is 146 cm³/mol. The van der Waals surface area contributed by atoms with Gasteiger partial charge in [-0.2, -0.15) is 0 Å². The number of rotatable bonds is 7. The van der Waals surface area contributed by atoms with E-state index in [9.17, 15) is 14.7 Å². The van der Waals surface area contributed by atoms with Crippen molar-refractivity contribution in [1.82, 2.24) is 0 Å². The molecule has 2 N–H and O–H groups in total. The molecule has 0 saturated carbocycles. The molecular formula is C29H31ClN2O5. The first-order chi connectivity index (χ1) is 17.5. The summed E-state index contributed by atoms with van der Waals surface area (Å²) in [5, 5.41) is 12.8. The molecule has 0 fully saturated rings. The number of carbonyl (C=O) groups excluding carboxylic acids is 1. The zero-order chi connectivity index (χ0) is 26.9. The van der Waals surface area contributed by atoms with Crippen LogP contribution in [-0.2, 0) is 10.2 Å². The van der Waals surface area contributed by atoms with Crippen LogP contribution < -0.4 is 19.7 Å². The molecule has 0 spiro atoms. The number of hydrogen-bond acceptors (Lipinski definition) is 5. The maximum atomic E-state index is 13.1. The first-order valence-electron chi connectivity index (χ1n) is 12.0. The van der Waals surface area contributed by atoms with Crippen molar-refractivity contribution in [3.05, 3.63) is 81.9 Å². The molecule has 1 heterocycles. The highest BCUT2D eigenvalue weighted by atomic mass is 35.5. The molecule has 0 radical (unpaired) electrons. The van der Waals surface area contributed by atoms with Crippen LogP contribution in [0.2, 0.25) is 5.02 Å². The average molecular weight is 523 g/mol. The molecule has 1 aliphatic heterocycles. The van der Waals surface area contributed by atoms with E-state index in [1.54, 1.807) is 38.1 Å². The van der Waals surface area contributed by atoms with Gasteiger partial charge in [-0.1, -0.05) is 23.7 Å². The Balaban J connectivity index is 1.47. The van der Waals surface area contributed by atoms with Gasteiger partial charge in [0.2, 0.25) is 0 Å². The Morgan fingerprint density at radius 1 is 1.14 bits per heavy atom. The van der Waals surface area contributed by atoms with E-state index in [0.29, 0.717) is 40.7 Å². The van der Waals surface area contributed by atoms with Crippen LogP contribution in [0.5, 0.6) is 11.5 Å². The second-order valence-corrected chi connectivity index (χ2v) is 10.4. The number of carboxylic acid groups (broad SMARTS) is 1. The van der Waals surface area contributed by atoms with Crippen molar-refractivity contribution < 1.29 is 24.2 Å². The lowest BCUT2D eigenvalue weighted by atomic mass is 9.84. The lowest BCUT2D eigenvalue weighted by Gasteiger charge is -2.33. The molecule has 194 valence electrons. The Morgan fingerprint density at radius 3 is 2.59 bits per heavy atom. The van der Waals surface area contributed by atoms with Gasteiger partial charge < -0.3 is 24.8 Å². The number of nitrogens with one attached hydrogen (secondary N) is 1. The lowest BCUT2D eigenvalue weighted by Crippen LogP contribution is -2.41. The summed E-state index contributed by atoms with van der Waals surface area (Å²) in [5.74, 6) is 0.221. The van der Waals surface area contributed by atoms with Gasteiger partial charge in [-0.3, -0.25) is 9.59 Å². The summed E-state index contributed by atoms with van der Waals surface area (Å²) in [5.41, 5.74) is 2.88. The van der Waals surface area contributed by atoms with Crippen LogP contribution in [0.1, 0.15) is 40.9 Å². The standard InChI is InChI=1S/C29H31ClN2O5/c1-17-11-26(36-16-22-15-32(5)24-8-6-7-9-25(24)37-22)18(2)10-23(17)27(33)31-21-13-19(12-20(30)14-21)29(3,4)28(34)35/h6-14,22H,15-16H2,1-5H3,(H,31,33)(H,34,35)/t22-/m0/s1. The molecule has 0 aromatic heterocycles. The van der Waals surface area contributed by atoms with E-state index in [0.717, 1.165) is 22.6 Å². The van der Waals surface area contributed by atoms with Crippen LogP contribution in [0.3, 0.4) is 0 Å². The third-order valence-corrected chi connectivity index (χ3v) is 6.87. The zero-order valence-electron chi connectivity index (χ0n) is 21.6. The van der Waals surface area contributed by atoms with E-state index in [2.05, 4.69) is 10.2 Å². The number of aryl methyl sites for hydroxylation is 2. The molecule has 3 aromatic rings. The first kappa shape index (κ1) is 26.4. The molecule has 0 saturated heterocycles. The van der Waals surface area contributed by atoms with Crippen molar-refractivity contribution in [2.45, 2.75) is 39.2 Å². The number of anilines is 2. The van der Waals surface area contributed by atoms with Gasteiger partial charge >= 0.3 is 5.97 Å². The fourth-order valence-electron chi connectivity index (χ4n) is 4.30. The van der Waals surface area contributed by atoms with Crippen molar-refractivity contribution >= 4 is 34.9 Å². The fraction of sp³-hybridized carbons (Fsp3) is 0.310. The third-order valence-electron chi connectivity index (χ3n) is 6.65. The largest absolute Gasteiger partial charge is 0.489 e. The number of halogens is 1. The van der Waals surface area contributed by atoms with Crippen LogP contribution in [0.25, 0.3) is 0 Å². The number of benzene rings is 3. The Bertz CT molecular complexity index is 1350. The van der Waals surface area contributed by atoms with Gasteiger partial charge in [0.15, 0.2) is 0 Å². The summed E-state index contributed by atoms with van der Waals surface area (Å²) in [6.07, 6.45) is -0.130. The third kappa shape index (κ3) is 5.67. The van der Waals surface area contributed by atoms with E-state index in [1.165, 1.54) is 0 Å². The van der Waals surface area contributed by atoms with Crippen LogP contribution in [0.4, 0.5) is 11.4 Å². The van der Waals surface area contributed by atoms with E-state index >= 15 is 0 Å². The summed E-state index contributed by atoms with van der Waals surface area (Å²) < 4.78 is 12.2. The Morgan fingerprint density at radius 2 is 1.86 bits per heavy atom. The highest BCUT2D eigenvalue weighted by Gasteiger charge is 2.30. The summed E-state index contributed by atoms with van der Waals surface area (Å²) in [6, 6.07) is 16.4. The molecule has 1 atom stereocenters. The highest BCUT2D eigenvalue weighted by Crippen LogP contribution is 2.33. The molecule has 1 aliphatic rings. The quantitative estimate of drug-likeness (QED) is 0.405. The summed E-state index contributed by atoms with van der Waals surface area (Å²) >= 11 is 6.23. The predicted octanol–water partition coefficient (Wildman–Crippen LogP) is 5.85. The Labute approximate surface area is 222 Å². The minimum atomic E-state index is -1.16. The number of amides is 1. The number of fused-ring (bicyclic) bond motifs is 1. The van der Waals surface area contributed by atoms with Crippen LogP contribution >= 0.6 is 11.6 Å². The normalized spacial score (nSPS) is 15.0. The zero-order valence-corrected chi connectivity index (χ0v) is 22.3. The van der Waals surface area contributed by atoms with Crippen LogP contribution in [-0.4, -0.2) is 43.3 Å². The second-order valence-electron chi connectivity index (χ2n) is 9.94. The number of ether oxygens (including phenoxy) is 2. The second kappa shape index (κ2) is 10.3. The summed E-state index contributed by atoms with van der Waals surface area (Å²) in [6.45, 7) is 7.99. The molecule has 7 nitrogen and oxygen atoms in total. The van der Waals surface area contributed by atoms with Crippen molar-refractivity contribution in [1.29, 1.82) is 0 Å². The number of aliphatic carboxylic acids is 1. The minimum absolute atomic E-state index is 0.130.